The first kappa shape index (κ1) is 85.1. The summed E-state index contributed by atoms with van der Waals surface area (Å²) in [5.41, 5.74) is 7.42. The van der Waals surface area contributed by atoms with E-state index in [0.29, 0.717) is 77.8 Å². The van der Waals surface area contributed by atoms with Gasteiger partial charge in [-0.3, -0.25) is 33.1 Å². The average Bonchev–Trinajstić information content (AvgIpc) is 1.57. The summed E-state index contributed by atoms with van der Waals surface area (Å²) in [4.78, 5) is 139. The van der Waals surface area contributed by atoms with E-state index in [-0.39, 0.29) is 81.9 Å². The fourth-order valence-corrected chi connectivity index (χ4v) is 19.8. The van der Waals surface area contributed by atoms with Crippen molar-refractivity contribution in [2.24, 2.45) is 28.6 Å². The van der Waals surface area contributed by atoms with Gasteiger partial charge >= 0.3 is 27.4 Å². The summed E-state index contributed by atoms with van der Waals surface area (Å²) in [5, 5.41) is 16.4. The number of carbonyl (C=O) groups is 7. The summed E-state index contributed by atoms with van der Waals surface area (Å²) in [6.07, 6.45) is 6.76. The van der Waals surface area contributed by atoms with E-state index in [1.165, 1.54) is 45.7 Å². The van der Waals surface area contributed by atoms with E-state index < -0.39 is 115 Å². The van der Waals surface area contributed by atoms with Crippen LogP contribution in [0.1, 0.15) is 146 Å². The van der Waals surface area contributed by atoms with Crippen molar-refractivity contribution in [1.29, 1.82) is 0 Å². The Morgan fingerprint density at radius 1 is 0.619 bits per heavy atom. The molecule has 31 nitrogen and oxygen atoms in total. The van der Waals surface area contributed by atoms with Crippen LogP contribution in [0.4, 0.5) is 19.9 Å². The van der Waals surface area contributed by atoms with Gasteiger partial charge in [-0.05, 0) is 113 Å². The van der Waals surface area contributed by atoms with Crippen LogP contribution in [0.25, 0.3) is 44.6 Å². The number of thiazole rings is 2. The van der Waals surface area contributed by atoms with Crippen LogP contribution in [0.15, 0.2) is 84.6 Å². The van der Waals surface area contributed by atoms with Crippen LogP contribution in [-0.4, -0.2) is 181 Å². The number of nitrogens with two attached hydrogens (primary N) is 1. The molecule has 0 unspecified atom stereocenters. The second-order valence-electron chi connectivity index (χ2n) is 31.8. The zero-order chi connectivity index (χ0) is 81.9. The Hall–Kier alpha value is -8.81. The topological polar surface area (TPSA) is 412 Å². The number of pyridine rings is 2. The maximum Gasteiger partial charge on any atom is 0.408 e. The quantitative estimate of drug-likeness (QED) is 0.0167. The molecule has 2 aliphatic heterocycles. The van der Waals surface area contributed by atoms with E-state index in [1.54, 1.807) is 115 Å². The predicted molar refractivity (Wildman–Crippen MR) is 427 cm³/mol. The number of hydrogen-bond donors (Lipinski definition) is 8. The number of aromatic nitrogens is 4. The molecule has 4 saturated carbocycles. The summed E-state index contributed by atoms with van der Waals surface area (Å²) >= 11 is 2.53. The highest BCUT2D eigenvalue weighted by molar-refractivity contribution is 7.56. The van der Waals surface area contributed by atoms with Crippen LogP contribution in [0.5, 0.6) is 23.0 Å². The largest absolute Gasteiger partial charge is 0.497 e. The first-order chi connectivity index (χ1) is 53.5. The van der Waals surface area contributed by atoms with Crippen LogP contribution in [0.3, 0.4) is 0 Å². The number of hydrogen-bond acceptors (Lipinski definition) is 24. The number of nitrogen functional groups attached to an aromatic ring is 1. The number of ether oxygens (including phenoxy) is 6. The number of benzene rings is 2. The molecule has 2 saturated heterocycles. The van der Waals surface area contributed by atoms with E-state index >= 15 is 0 Å². The third-order valence-electron chi connectivity index (χ3n) is 21.3. The third-order valence-corrected chi connectivity index (χ3v) is 27.2. The Morgan fingerprint density at radius 2 is 1.04 bits per heavy atom. The molecule has 4 aromatic heterocycles. The lowest BCUT2D eigenvalue weighted by Gasteiger charge is -2.36. The zero-order valence-corrected chi connectivity index (χ0v) is 69.2. The summed E-state index contributed by atoms with van der Waals surface area (Å²) in [6.45, 7) is 25.5. The van der Waals surface area contributed by atoms with Crippen molar-refractivity contribution >= 4 is 112 Å². The Kier molecular flexibility index (Phi) is 26.1. The van der Waals surface area contributed by atoms with Crippen molar-refractivity contribution in [2.75, 3.05) is 51.6 Å². The minimum absolute atomic E-state index is 0.00568. The van der Waals surface area contributed by atoms with Gasteiger partial charge in [-0.2, -0.15) is 0 Å². The highest BCUT2D eigenvalue weighted by Crippen LogP contribution is 2.73. The molecule has 0 bridgehead atoms. The lowest BCUT2D eigenvalue weighted by molar-refractivity contribution is -0.142. The van der Waals surface area contributed by atoms with Crippen molar-refractivity contribution in [3.8, 4) is 45.8 Å². The Balaban J connectivity index is 0.000000223. The van der Waals surface area contributed by atoms with Crippen LogP contribution >= 0.6 is 37.9 Å². The van der Waals surface area contributed by atoms with E-state index in [9.17, 15) is 52.5 Å². The second-order valence-corrected chi connectivity index (χ2v) is 37.7. The number of nitrogens with one attached hydrogen (secondary N) is 5. The van der Waals surface area contributed by atoms with E-state index in [4.69, 9.17) is 53.2 Å². The van der Waals surface area contributed by atoms with Crippen molar-refractivity contribution in [3.05, 3.63) is 84.6 Å². The number of methoxy groups -OCH3 is 2. The van der Waals surface area contributed by atoms with Crippen molar-refractivity contribution < 1.29 is 89.9 Å². The van der Waals surface area contributed by atoms with Gasteiger partial charge in [-0.1, -0.05) is 67.5 Å². The molecular formula is C78H104N12O19P2S2. The zero-order valence-electron chi connectivity index (χ0n) is 65.8. The minimum Gasteiger partial charge on any atom is -0.497 e. The lowest BCUT2D eigenvalue weighted by Crippen LogP contribution is -2.58. The second kappa shape index (κ2) is 34.7. The predicted octanol–water partition coefficient (Wildman–Crippen LogP) is 12.3. The highest BCUT2D eigenvalue weighted by Gasteiger charge is 2.69. The van der Waals surface area contributed by atoms with Gasteiger partial charge in [0, 0.05) is 76.4 Å². The molecule has 0 radical (unpaired) electrons. The van der Waals surface area contributed by atoms with Gasteiger partial charge in [0.2, 0.25) is 29.5 Å². The number of rotatable bonds is 28. The molecular weight excluding hydrogens is 1540 g/mol. The summed E-state index contributed by atoms with van der Waals surface area (Å²) < 4.78 is 74.0. The van der Waals surface area contributed by atoms with Gasteiger partial charge in [0.15, 0.2) is 10.3 Å². The van der Waals surface area contributed by atoms with Gasteiger partial charge in [0.25, 0.3) is 0 Å². The van der Waals surface area contributed by atoms with Crippen LogP contribution in [0, 0.1) is 28.6 Å². The van der Waals surface area contributed by atoms with E-state index in [2.05, 4.69) is 49.7 Å². The molecule has 35 heteroatoms. The Bertz CT molecular complexity index is 4660. The third kappa shape index (κ3) is 19.1. The summed E-state index contributed by atoms with van der Waals surface area (Å²) in [6, 6.07) is 9.61. The van der Waals surface area contributed by atoms with E-state index in [1.807, 2.05) is 26.8 Å². The van der Waals surface area contributed by atoms with Gasteiger partial charge in [-0.25, -0.2) is 29.5 Å². The maximum absolute atomic E-state index is 14.8. The number of fused-ring (bicyclic) bond motifs is 2. The monoisotopic (exact) mass is 1640 g/mol. The molecule has 612 valence electrons. The molecule has 6 fully saturated rings. The van der Waals surface area contributed by atoms with E-state index in [0.717, 1.165) is 51.4 Å². The first-order valence-corrected chi connectivity index (χ1v) is 43.1. The smallest absolute Gasteiger partial charge is 0.408 e. The maximum atomic E-state index is 14.8. The average molecular weight is 1640 g/mol. The molecule has 0 spiro atoms. The SMILES string of the molecule is C=C[C@@H]1C[C@]1(NC(=O)[C@@H]1C[C@@H](Oc2cc(-c3csc(N)n3)nc3cc(OC)ccc23)CN1C(=O)[C@@H](NC(=O)OC1CCCC1)C(C)(C)C)P(=O)(OCC)OCC.C=C[C@@H]1C[C@]1(NC(=O)[C@@H]1C[C@@H](Oc2cc(-c3csc(NC(=O)C(C)C)n3)nc3cc(OC)ccc23)CN1C(=O)[C@@H](NC(=O)OC1CCCC1)C(C)(C)C)P(=O)(O)O. The van der Waals surface area contributed by atoms with Crippen LogP contribution < -0.4 is 51.3 Å². The number of nitrogens with zero attached hydrogens (tertiary/aromatic N) is 6. The number of likely N-dealkylation sites (tertiary alicyclic amines) is 2. The summed E-state index contributed by atoms with van der Waals surface area (Å²) in [7, 11) is -5.63. The highest BCUT2D eigenvalue weighted by atomic mass is 32.1. The van der Waals surface area contributed by atoms with Crippen molar-refractivity contribution in [3.63, 3.8) is 0 Å². The van der Waals surface area contributed by atoms with Gasteiger partial charge in [0.05, 0.1) is 62.9 Å². The molecule has 113 heavy (non-hydrogen) atoms. The van der Waals surface area contributed by atoms with Gasteiger partial charge < -0.3 is 89.4 Å². The molecule has 7 amide bonds. The molecule has 10 atom stereocenters. The number of anilines is 2. The molecule has 6 aromatic rings. The van der Waals surface area contributed by atoms with Crippen LogP contribution in [-0.2, 0) is 51.6 Å². The van der Waals surface area contributed by atoms with Gasteiger partial charge in [0.1, 0.15) is 93.5 Å². The number of alkyl carbamates (subject to hydrolysis) is 2. The Morgan fingerprint density at radius 3 is 1.42 bits per heavy atom. The van der Waals surface area contributed by atoms with Crippen LogP contribution in [0.2, 0.25) is 0 Å². The number of amides is 7. The molecule has 2 aromatic carbocycles. The lowest BCUT2D eigenvalue weighted by atomic mass is 9.85. The first-order valence-electron chi connectivity index (χ1n) is 38.2. The van der Waals surface area contributed by atoms with Crippen molar-refractivity contribution in [2.45, 2.75) is 205 Å². The Labute approximate surface area is 665 Å². The normalized spacial score (nSPS) is 23.0. The number of carbonyl (C=O) groups excluding carboxylic acids is 7. The molecule has 6 aliphatic rings. The fraction of sp³-hybridized carbons (Fsp3) is 0.551. The summed E-state index contributed by atoms with van der Waals surface area (Å²) in [5.74, 6) is -1.94. The molecule has 6 heterocycles. The minimum atomic E-state index is -4.85. The fourth-order valence-electron chi connectivity index (χ4n) is 14.9. The molecule has 4 aliphatic carbocycles. The van der Waals surface area contributed by atoms with Crippen molar-refractivity contribution in [1.82, 2.24) is 51.0 Å². The van der Waals surface area contributed by atoms with Gasteiger partial charge in [-0.15, -0.1) is 35.8 Å². The molecule has 9 N–H and O–H groups in total. The standard InChI is InChI=1S/C39H51N6O10PS.C39H53N6O9PS/c1-8-22-18-39(22,56(50,51)52)44-34(47)30-16-25(19-45(30)35(48)32(38(4,5)6)42-37(49)55-23-11-9-10-12-23)54-31-17-28(40-27-15-24(53-7)13-14-26(27)31)29-20-57-36(41-29)43-33(46)21(2)3;1-8-23-20-39(23,55(49,51-9-2)52-10-3)44-34(46)31-18-26(21-45(31)35(47)33(38(4,5)6)43-37(48)54-24-13-11-12-14-24)53-32-19-29(30-22-56-36(40)42-30)41-28-17-25(50-7)15-16-27(28)32/h8,13-15,17,20-23,25,30,32H,1,9-12,16,18-19H2,2-7H3,(H,42,49)(H,44,47)(H,41,43,46)(H2,50,51,52);8,15-17,19,22-24,26,31,33H,1,9-14,18,20-21H2,2-7H3,(H2,40,42)(H,43,48)(H,44,46)/t22-,25-,30+,32-,39+;23-,26-,31+,33-,39+/m11/s1. The molecule has 12 rings (SSSR count).